The van der Waals surface area contributed by atoms with E-state index in [1.165, 1.54) is 6.07 Å². The predicted octanol–water partition coefficient (Wildman–Crippen LogP) is 3.75. The number of nitrogens with one attached hydrogen (secondary N) is 1. The fourth-order valence-corrected chi connectivity index (χ4v) is 2.08. The van der Waals surface area contributed by atoms with Gasteiger partial charge in [0.2, 0.25) is 0 Å². The lowest BCUT2D eigenvalue weighted by Crippen LogP contribution is -2.11. The number of halogens is 3. The summed E-state index contributed by atoms with van der Waals surface area (Å²) in [7, 11) is 0. The fraction of sp³-hybridized carbons (Fsp3) is 0.538. The molecule has 5 heteroatoms. The molecule has 1 saturated carbocycles. The SMILES string of the molecule is CC1(C)CC1CNc1ccc(N)c(C(F)(F)F)c1. The molecule has 0 saturated heterocycles. The number of hydrogen-bond donors (Lipinski definition) is 2. The maximum atomic E-state index is 12.7. The molecule has 0 aliphatic heterocycles. The standard InChI is InChI=1S/C13H17F3N2/c1-12(2)6-8(12)7-18-9-3-4-11(17)10(5-9)13(14,15)16/h3-5,8,18H,6-7,17H2,1-2H3. The Kier molecular flexibility index (Phi) is 2.95. The lowest BCUT2D eigenvalue weighted by atomic mass is 10.1. The van der Waals surface area contributed by atoms with Crippen LogP contribution in [-0.4, -0.2) is 6.54 Å². The molecule has 2 nitrogen and oxygen atoms in total. The van der Waals surface area contributed by atoms with Crippen molar-refractivity contribution < 1.29 is 13.2 Å². The van der Waals surface area contributed by atoms with Crippen molar-refractivity contribution in [2.24, 2.45) is 11.3 Å². The molecule has 1 aliphatic rings. The minimum absolute atomic E-state index is 0.236. The second kappa shape index (κ2) is 4.07. The van der Waals surface area contributed by atoms with Gasteiger partial charge in [0.1, 0.15) is 0 Å². The van der Waals surface area contributed by atoms with Gasteiger partial charge in [0.25, 0.3) is 0 Å². The van der Waals surface area contributed by atoms with Gasteiger partial charge in [-0.05, 0) is 36.0 Å². The first-order valence-electron chi connectivity index (χ1n) is 5.91. The summed E-state index contributed by atoms with van der Waals surface area (Å²) in [5, 5.41) is 3.05. The van der Waals surface area contributed by atoms with E-state index < -0.39 is 11.7 Å². The first-order valence-corrected chi connectivity index (χ1v) is 5.91. The van der Waals surface area contributed by atoms with E-state index in [1.807, 2.05) is 0 Å². The van der Waals surface area contributed by atoms with E-state index >= 15 is 0 Å². The minimum Gasteiger partial charge on any atom is -0.398 e. The number of alkyl halides is 3. The molecule has 0 bridgehead atoms. The second-order valence-electron chi connectivity index (χ2n) is 5.57. The monoisotopic (exact) mass is 258 g/mol. The van der Waals surface area contributed by atoms with Crippen LogP contribution in [0.5, 0.6) is 0 Å². The molecule has 0 heterocycles. The van der Waals surface area contributed by atoms with Crippen LogP contribution in [0.1, 0.15) is 25.8 Å². The number of nitrogen functional groups attached to an aromatic ring is 1. The van der Waals surface area contributed by atoms with E-state index in [0.29, 0.717) is 23.6 Å². The van der Waals surface area contributed by atoms with Crippen molar-refractivity contribution in [1.82, 2.24) is 0 Å². The number of nitrogens with two attached hydrogens (primary N) is 1. The molecule has 18 heavy (non-hydrogen) atoms. The summed E-state index contributed by atoms with van der Waals surface area (Å²) in [5.41, 5.74) is 5.11. The van der Waals surface area contributed by atoms with Crippen LogP contribution in [0.4, 0.5) is 24.5 Å². The Morgan fingerprint density at radius 1 is 1.39 bits per heavy atom. The van der Waals surface area contributed by atoms with Gasteiger partial charge in [-0.25, -0.2) is 0 Å². The molecule has 2 rings (SSSR count). The Labute approximate surface area is 104 Å². The van der Waals surface area contributed by atoms with Crippen LogP contribution in [-0.2, 0) is 6.18 Å². The summed E-state index contributed by atoms with van der Waals surface area (Å²) in [5.74, 6) is 0.532. The van der Waals surface area contributed by atoms with Crippen molar-refractivity contribution in [3.8, 4) is 0 Å². The highest BCUT2D eigenvalue weighted by atomic mass is 19.4. The van der Waals surface area contributed by atoms with Crippen molar-refractivity contribution in [2.45, 2.75) is 26.4 Å². The maximum Gasteiger partial charge on any atom is 0.418 e. The quantitative estimate of drug-likeness (QED) is 0.810. The summed E-state index contributed by atoms with van der Waals surface area (Å²) in [6.07, 6.45) is -3.29. The first-order chi connectivity index (χ1) is 8.20. The molecule has 1 atom stereocenters. The zero-order chi connectivity index (χ0) is 13.6. The molecule has 100 valence electrons. The zero-order valence-electron chi connectivity index (χ0n) is 10.4. The van der Waals surface area contributed by atoms with Crippen molar-refractivity contribution in [1.29, 1.82) is 0 Å². The largest absolute Gasteiger partial charge is 0.418 e. The normalized spacial score (nSPS) is 21.7. The Balaban J connectivity index is 2.06. The topological polar surface area (TPSA) is 38.0 Å². The molecular weight excluding hydrogens is 241 g/mol. The first kappa shape index (κ1) is 13.1. The third kappa shape index (κ3) is 2.71. The molecule has 1 unspecified atom stereocenters. The number of anilines is 2. The summed E-state index contributed by atoms with van der Waals surface area (Å²) in [6.45, 7) is 5.02. The number of benzene rings is 1. The van der Waals surface area contributed by atoms with Crippen LogP contribution in [0.3, 0.4) is 0 Å². The Morgan fingerprint density at radius 2 is 2.00 bits per heavy atom. The fourth-order valence-electron chi connectivity index (χ4n) is 2.08. The Morgan fingerprint density at radius 3 is 2.50 bits per heavy atom. The van der Waals surface area contributed by atoms with Gasteiger partial charge < -0.3 is 11.1 Å². The van der Waals surface area contributed by atoms with Crippen molar-refractivity contribution in [3.05, 3.63) is 23.8 Å². The van der Waals surface area contributed by atoms with Crippen molar-refractivity contribution in [2.75, 3.05) is 17.6 Å². The van der Waals surface area contributed by atoms with Crippen molar-refractivity contribution in [3.63, 3.8) is 0 Å². The van der Waals surface area contributed by atoms with Gasteiger partial charge in [0.15, 0.2) is 0 Å². The van der Waals surface area contributed by atoms with Crippen LogP contribution in [0.25, 0.3) is 0 Å². The van der Waals surface area contributed by atoms with Gasteiger partial charge in [0.05, 0.1) is 5.56 Å². The molecule has 0 spiro atoms. The zero-order valence-corrected chi connectivity index (χ0v) is 10.4. The molecule has 3 N–H and O–H groups in total. The van der Waals surface area contributed by atoms with Crippen LogP contribution in [0.2, 0.25) is 0 Å². The van der Waals surface area contributed by atoms with Gasteiger partial charge in [-0.15, -0.1) is 0 Å². The molecule has 0 amide bonds. The summed E-state index contributed by atoms with van der Waals surface area (Å²) in [4.78, 5) is 0. The van der Waals surface area contributed by atoms with Crippen LogP contribution < -0.4 is 11.1 Å². The third-order valence-corrected chi connectivity index (χ3v) is 3.63. The Bertz CT molecular complexity index is 452. The smallest absolute Gasteiger partial charge is 0.398 e. The van der Waals surface area contributed by atoms with E-state index in [2.05, 4.69) is 19.2 Å². The van der Waals surface area contributed by atoms with E-state index in [0.717, 1.165) is 12.5 Å². The predicted molar refractivity (Wildman–Crippen MR) is 66.2 cm³/mol. The summed E-state index contributed by atoms with van der Waals surface area (Å²) in [6, 6.07) is 3.95. The Hall–Kier alpha value is -1.39. The van der Waals surface area contributed by atoms with E-state index in [4.69, 9.17) is 5.73 Å². The van der Waals surface area contributed by atoms with Gasteiger partial charge >= 0.3 is 6.18 Å². The van der Waals surface area contributed by atoms with E-state index in [1.54, 1.807) is 6.07 Å². The molecule has 1 aromatic rings. The van der Waals surface area contributed by atoms with E-state index in [9.17, 15) is 13.2 Å². The van der Waals surface area contributed by atoms with Gasteiger partial charge in [-0.1, -0.05) is 13.8 Å². The lowest BCUT2D eigenvalue weighted by molar-refractivity contribution is -0.136. The van der Waals surface area contributed by atoms with E-state index in [-0.39, 0.29) is 5.69 Å². The van der Waals surface area contributed by atoms with Gasteiger partial charge in [-0.2, -0.15) is 13.2 Å². The molecule has 0 aromatic heterocycles. The van der Waals surface area contributed by atoms with Crippen molar-refractivity contribution >= 4 is 11.4 Å². The van der Waals surface area contributed by atoms with Crippen LogP contribution in [0.15, 0.2) is 18.2 Å². The molecule has 1 fully saturated rings. The average Bonchev–Trinajstić information content (AvgIpc) is 2.83. The number of hydrogen-bond acceptors (Lipinski definition) is 2. The molecular formula is C13H17F3N2. The van der Waals surface area contributed by atoms with Crippen LogP contribution >= 0.6 is 0 Å². The number of rotatable bonds is 3. The summed E-state index contributed by atoms with van der Waals surface area (Å²) >= 11 is 0. The second-order valence-corrected chi connectivity index (χ2v) is 5.57. The highest BCUT2D eigenvalue weighted by Crippen LogP contribution is 2.51. The molecule has 1 aliphatic carbocycles. The minimum atomic E-state index is -4.40. The van der Waals surface area contributed by atoms with Crippen LogP contribution in [0, 0.1) is 11.3 Å². The van der Waals surface area contributed by atoms with Gasteiger partial charge in [0, 0.05) is 17.9 Å². The average molecular weight is 258 g/mol. The highest BCUT2D eigenvalue weighted by molar-refractivity contribution is 5.58. The lowest BCUT2D eigenvalue weighted by Gasteiger charge is -2.13. The van der Waals surface area contributed by atoms with Gasteiger partial charge in [-0.3, -0.25) is 0 Å². The molecule has 0 radical (unpaired) electrons. The third-order valence-electron chi connectivity index (χ3n) is 3.63. The summed E-state index contributed by atoms with van der Waals surface area (Å²) < 4.78 is 38.0. The molecule has 1 aromatic carbocycles. The maximum absolute atomic E-state index is 12.7. The highest BCUT2D eigenvalue weighted by Gasteiger charge is 2.45.